The van der Waals surface area contributed by atoms with E-state index in [1.807, 2.05) is 20.8 Å². The molecule has 0 spiro atoms. The average molecular weight is 294 g/mol. The Bertz CT molecular complexity index is 446. The number of nitrogens with zero attached hydrogens (tertiary/aromatic N) is 2. The number of aliphatic hydroxyl groups is 1. The Balaban J connectivity index is 2.97. The van der Waals surface area contributed by atoms with Crippen molar-refractivity contribution in [1.29, 1.82) is 0 Å². The number of aromatic nitrogens is 2. The van der Waals surface area contributed by atoms with Gasteiger partial charge in [-0.2, -0.15) is 0 Å². The third-order valence-corrected chi connectivity index (χ3v) is 3.47. The van der Waals surface area contributed by atoms with Crippen LogP contribution in [0.2, 0.25) is 0 Å². The lowest BCUT2D eigenvalue weighted by atomic mass is 10.1. The van der Waals surface area contributed by atoms with E-state index in [0.29, 0.717) is 6.54 Å². The molecule has 0 amide bonds. The van der Waals surface area contributed by atoms with Gasteiger partial charge in [-0.05, 0) is 19.3 Å². The number of rotatable bonds is 8. The van der Waals surface area contributed by atoms with Gasteiger partial charge in [0.05, 0.1) is 6.10 Å². The molecule has 3 N–H and O–H groups in total. The molecule has 0 fully saturated rings. The summed E-state index contributed by atoms with van der Waals surface area (Å²) in [4.78, 5) is 9.21. The highest BCUT2D eigenvalue weighted by atomic mass is 16.3. The molecule has 5 heteroatoms. The molecule has 1 aromatic rings. The van der Waals surface area contributed by atoms with Gasteiger partial charge in [-0.1, -0.05) is 34.6 Å². The minimum Gasteiger partial charge on any atom is -0.391 e. The second kappa shape index (κ2) is 8.17. The lowest BCUT2D eigenvalue weighted by molar-refractivity contribution is 0.138. The summed E-state index contributed by atoms with van der Waals surface area (Å²) in [6.07, 6.45) is 0.670. The van der Waals surface area contributed by atoms with E-state index in [1.54, 1.807) is 0 Å². The molecule has 21 heavy (non-hydrogen) atoms. The minimum atomic E-state index is -0.381. The maximum Gasteiger partial charge on any atom is 0.135 e. The van der Waals surface area contributed by atoms with Crippen molar-refractivity contribution in [3.05, 3.63) is 11.4 Å². The van der Waals surface area contributed by atoms with Crippen LogP contribution in [0.1, 0.15) is 58.3 Å². The first-order valence-electron chi connectivity index (χ1n) is 7.91. The highest BCUT2D eigenvalue weighted by Gasteiger charge is 2.15. The molecular weight excluding hydrogens is 264 g/mol. The van der Waals surface area contributed by atoms with Crippen molar-refractivity contribution >= 4 is 11.6 Å². The Labute approximate surface area is 128 Å². The van der Waals surface area contributed by atoms with E-state index in [1.165, 1.54) is 0 Å². The molecule has 0 radical (unpaired) electrons. The van der Waals surface area contributed by atoms with E-state index in [-0.39, 0.29) is 17.9 Å². The van der Waals surface area contributed by atoms with Gasteiger partial charge in [0.25, 0.3) is 0 Å². The largest absolute Gasteiger partial charge is 0.391 e. The zero-order valence-corrected chi connectivity index (χ0v) is 14.2. The fourth-order valence-corrected chi connectivity index (χ4v) is 1.82. The summed E-state index contributed by atoms with van der Waals surface area (Å²) >= 11 is 0. The third kappa shape index (κ3) is 5.16. The Kier molecular flexibility index (Phi) is 6.89. The number of hydrogen-bond acceptors (Lipinski definition) is 5. The van der Waals surface area contributed by atoms with Crippen LogP contribution in [-0.4, -0.2) is 34.3 Å². The van der Waals surface area contributed by atoms with Crippen molar-refractivity contribution in [2.45, 2.75) is 60.0 Å². The Morgan fingerprint density at radius 3 is 2.10 bits per heavy atom. The van der Waals surface area contributed by atoms with Crippen molar-refractivity contribution in [2.24, 2.45) is 5.92 Å². The van der Waals surface area contributed by atoms with E-state index < -0.39 is 0 Å². The number of hydrogen-bond donors (Lipinski definition) is 3. The Morgan fingerprint density at radius 1 is 1.05 bits per heavy atom. The van der Waals surface area contributed by atoms with Crippen molar-refractivity contribution < 1.29 is 5.11 Å². The van der Waals surface area contributed by atoms with Gasteiger partial charge in [0.15, 0.2) is 0 Å². The quantitative estimate of drug-likeness (QED) is 0.687. The van der Waals surface area contributed by atoms with Crippen LogP contribution in [0.15, 0.2) is 0 Å². The molecule has 0 saturated heterocycles. The topological polar surface area (TPSA) is 70.1 Å². The highest BCUT2D eigenvalue weighted by Crippen LogP contribution is 2.23. The molecule has 0 aliphatic heterocycles. The van der Waals surface area contributed by atoms with Crippen molar-refractivity contribution in [3.8, 4) is 0 Å². The first-order valence-corrected chi connectivity index (χ1v) is 7.91. The van der Waals surface area contributed by atoms with Crippen molar-refractivity contribution in [3.63, 3.8) is 0 Å². The molecule has 1 unspecified atom stereocenters. The highest BCUT2D eigenvalue weighted by molar-refractivity contribution is 5.57. The van der Waals surface area contributed by atoms with Gasteiger partial charge in [0, 0.05) is 24.6 Å². The third-order valence-electron chi connectivity index (χ3n) is 3.47. The van der Waals surface area contributed by atoms with Gasteiger partial charge in [-0.15, -0.1) is 0 Å². The molecule has 1 rings (SSSR count). The first-order chi connectivity index (χ1) is 9.86. The molecule has 5 nitrogen and oxygen atoms in total. The molecule has 0 aliphatic carbocycles. The van der Waals surface area contributed by atoms with Gasteiger partial charge < -0.3 is 15.7 Å². The van der Waals surface area contributed by atoms with Crippen LogP contribution in [0.5, 0.6) is 0 Å². The maximum absolute atomic E-state index is 9.95. The molecule has 0 aromatic carbocycles. The van der Waals surface area contributed by atoms with Crippen molar-refractivity contribution in [2.75, 3.05) is 23.7 Å². The van der Waals surface area contributed by atoms with Gasteiger partial charge in [0.1, 0.15) is 17.5 Å². The Hall–Kier alpha value is -1.36. The molecule has 0 aliphatic rings. The monoisotopic (exact) mass is 294 g/mol. The molecule has 1 atom stereocenters. The standard InChI is InChI=1S/C16H30N4O/c1-7-8-17-15-12(6)16(18-9-13(21)10(2)3)20-14(19-15)11(4)5/h10-11,13,21H,7-9H2,1-6H3,(H2,17,18,19,20). The second-order valence-corrected chi connectivity index (χ2v) is 6.18. The summed E-state index contributed by atoms with van der Waals surface area (Å²) in [7, 11) is 0. The average Bonchev–Trinajstić information content (AvgIpc) is 2.44. The minimum absolute atomic E-state index is 0.224. The fraction of sp³-hybridized carbons (Fsp3) is 0.750. The van der Waals surface area contributed by atoms with Crippen LogP contribution < -0.4 is 10.6 Å². The van der Waals surface area contributed by atoms with Gasteiger partial charge in [-0.25, -0.2) is 9.97 Å². The maximum atomic E-state index is 9.95. The predicted octanol–water partition coefficient (Wildman–Crippen LogP) is 3.16. The number of nitrogens with one attached hydrogen (secondary N) is 2. The molecular formula is C16H30N4O. The van der Waals surface area contributed by atoms with Crippen LogP contribution >= 0.6 is 0 Å². The summed E-state index contributed by atoms with van der Waals surface area (Å²) in [5, 5.41) is 16.6. The SMILES string of the molecule is CCCNc1nc(C(C)C)nc(NCC(O)C(C)C)c1C. The van der Waals surface area contributed by atoms with Crippen LogP contribution in [0.25, 0.3) is 0 Å². The summed E-state index contributed by atoms with van der Waals surface area (Å²) in [5.74, 6) is 3.01. The van der Waals surface area contributed by atoms with Gasteiger partial charge in [-0.3, -0.25) is 0 Å². The zero-order valence-electron chi connectivity index (χ0n) is 14.2. The fourth-order valence-electron chi connectivity index (χ4n) is 1.82. The first kappa shape index (κ1) is 17.7. The Morgan fingerprint density at radius 2 is 1.62 bits per heavy atom. The van der Waals surface area contributed by atoms with E-state index in [4.69, 9.17) is 0 Å². The van der Waals surface area contributed by atoms with E-state index >= 15 is 0 Å². The number of anilines is 2. The normalized spacial score (nSPS) is 12.8. The van der Waals surface area contributed by atoms with Crippen LogP contribution in [-0.2, 0) is 0 Å². The summed E-state index contributed by atoms with van der Waals surface area (Å²) in [6.45, 7) is 13.7. The number of aliphatic hydroxyl groups excluding tert-OH is 1. The van der Waals surface area contributed by atoms with E-state index in [2.05, 4.69) is 41.4 Å². The van der Waals surface area contributed by atoms with E-state index in [0.717, 1.165) is 36.0 Å². The summed E-state index contributed by atoms with van der Waals surface area (Å²) in [6, 6.07) is 0. The molecule has 1 heterocycles. The van der Waals surface area contributed by atoms with Gasteiger partial charge >= 0.3 is 0 Å². The molecule has 120 valence electrons. The smallest absolute Gasteiger partial charge is 0.135 e. The lowest BCUT2D eigenvalue weighted by Gasteiger charge is -2.19. The lowest BCUT2D eigenvalue weighted by Crippen LogP contribution is -2.26. The van der Waals surface area contributed by atoms with Gasteiger partial charge in [0.2, 0.25) is 0 Å². The molecule has 1 aromatic heterocycles. The predicted molar refractivity (Wildman–Crippen MR) is 89.0 cm³/mol. The molecule has 0 bridgehead atoms. The molecule has 0 saturated carbocycles. The summed E-state index contributed by atoms with van der Waals surface area (Å²) < 4.78 is 0. The van der Waals surface area contributed by atoms with Crippen LogP contribution in [0.4, 0.5) is 11.6 Å². The van der Waals surface area contributed by atoms with Crippen LogP contribution in [0, 0.1) is 12.8 Å². The second-order valence-electron chi connectivity index (χ2n) is 6.18. The zero-order chi connectivity index (χ0) is 16.0. The summed E-state index contributed by atoms with van der Waals surface area (Å²) in [5.41, 5.74) is 1.00. The van der Waals surface area contributed by atoms with Crippen LogP contribution in [0.3, 0.4) is 0 Å². The van der Waals surface area contributed by atoms with Crippen molar-refractivity contribution in [1.82, 2.24) is 9.97 Å². The van der Waals surface area contributed by atoms with E-state index in [9.17, 15) is 5.11 Å².